The van der Waals surface area contributed by atoms with Crippen LogP contribution in [-0.4, -0.2) is 22.9 Å². The highest BCUT2D eigenvalue weighted by atomic mass is 16.5. The van der Waals surface area contributed by atoms with Crippen molar-refractivity contribution < 1.29 is 4.74 Å². The molecule has 1 N–H and O–H groups in total. The maximum absolute atomic E-state index is 5.80. The maximum atomic E-state index is 5.80. The van der Waals surface area contributed by atoms with E-state index < -0.39 is 0 Å². The zero-order chi connectivity index (χ0) is 15.6. The Balaban J connectivity index is 2.42. The van der Waals surface area contributed by atoms with Gasteiger partial charge in [-0.1, -0.05) is 12.1 Å². The number of hydrogen-bond donors (Lipinski definition) is 1. The number of hydrogen-bond acceptors (Lipinski definition) is 3. The smallest absolute Gasteiger partial charge is 0.120 e. The van der Waals surface area contributed by atoms with Gasteiger partial charge in [0.15, 0.2) is 0 Å². The maximum Gasteiger partial charge on any atom is 0.120 e. The first-order valence-electron chi connectivity index (χ1n) is 7.38. The lowest BCUT2D eigenvalue weighted by Gasteiger charge is -2.19. The van der Waals surface area contributed by atoms with Crippen LogP contribution in [0.15, 0.2) is 24.3 Å². The van der Waals surface area contributed by atoms with E-state index in [1.807, 2.05) is 44.8 Å². The van der Waals surface area contributed by atoms with Crippen LogP contribution in [-0.2, 0) is 7.05 Å². The lowest BCUT2D eigenvalue weighted by atomic mass is 9.97. The molecule has 0 saturated carbocycles. The average Bonchev–Trinajstić information content (AvgIpc) is 2.66. The lowest BCUT2D eigenvalue weighted by molar-refractivity contribution is 0.242. The molecule has 1 atom stereocenters. The minimum Gasteiger partial charge on any atom is -0.491 e. The Kier molecular flexibility index (Phi) is 4.68. The number of aryl methyl sites for hydroxylation is 2. The normalized spacial score (nSPS) is 12.7. The number of nitrogens with one attached hydrogen (secondary N) is 1. The number of rotatable bonds is 5. The van der Waals surface area contributed by atoms with Crippen molar-refractivity contribution in [3.8, 4) is 5.75 Å². The molecule has 0 amide bonds. The summed E-state index contributed by atoms with van der Waals surface area (Å²) in [6.07, 6.45) is 0.176. The monoisotopic (exact) mass is 287 g/mol. The van der Waals surface area contributed by atoms with Gasteiger partial charge in [-0.25, -0.2) is 0 Å². The van der Waals surface area contributed by atoms with Gasteiger partial charge >= 0.3 is 0 Å². The fourth-order valence-electron chi connectivity index (χ4n) is 2.73. The van der Waals surface area contributed by atoms with Crippen LogP contribution in [0.25, 0.3) is 0 Å². The Morgan fingerprint density at radius 1 is 1.24 bits per heavy atom. The average molecular weight is 287 g/mol. The number of nitrogens with zero attached hydrogens (tertiary/aromatic N) is 2. The fourth-order valence-corrected chi connectivity index (χ4v) is 2.73. The number of aromatic nitrogens is 2. The highest BCUT2D eigenvalue weighted by Crippen LogP contribution is 2.29. The second-order valence-electron chi connectivity index (χ2n) is 5.67. The molecule has 0 aliphatic carbocycles. The summed E-state index contributed by atoms with van der Waals surface area (Å²) in [4.78, 5) is 0. The minimum absolute atomic E-state index is 0.120. The van der Waals surface area contributed by atoms with Crippen molar-refractivity contribution in [2.45, 2.75) is 39.8 Å². The van der Waals surface area contributed by atoms with E-state index in [2.05, 4.69) is 36.4 Å². The third kappa shape index (κ3) is 3.27. The van der Waals surface area contributed by atoms with Crippen molar-refractivity contribution in [2.24, 2.45) is 7.05 Å². The van der Waals surface area contributed by atoms with Crippen LogP contribution in [0.2, 0.25) is 0 Å². The van der Waals surface area contributed by atoms with Crippen LogP contribution in [0.4, 0.5) is 0 Å². The van der Waals surface area contributed by atoms with Gasteiger partial charge in [0.25, 0.3) is 0 Å². The van der Waals surface area contributed by atoms with Gasteiger partial charge in [-0.15, -0.1) is 0 Å². The van der Waals surface area contributed by atoms with Crippen LogP contribution in [0.5, 0.6) is 5.75 Å². The highest BCUT2D eigenvalue weighted by molar-refractivity contribution is 5.40. The fraction of sp³-hybridized carbons (Fsp3) is 0.471. The largest absolute Gasteiger partial charge is 0.491 e. The van der Waals surface area contributed by atoms with E-state index in [4.69, 9.17) is 4.74 Å². The molecule has 0 aliphatic rings. The molecule has 1 unspecified atom stereocenters. The topological polar surface area (TPSA) is 39.1 Å². The molecule has 114 valence electrons. The molecule has 21 heavy (non-hydrogen) atoms. The summed E-state index contributed by atoms with van der Waals surface area (Å²) in [7, 11) is 3.96. The van der Waals surface area contributed by atoms with Gasteiger partial charge in [0.2, 0.25) is 0 Å². The first-order chi connectivity index (χ1) is 9.93. The van der Waals surface area contributed by atoms with Gasteiger partial charge in [0.1, 0.15) is 5.75 Å². The molecule has 0 fully saturated rings. The summed E-state index contributed by atoms with van der Waals surface area (Å²) < 4.78 is 7.74. The Bertz CT molecular complexity index is 616. The van der Waals surface area contributed by atoms with E-state index >= 15 is 0 Å². The standard InChI is InChI=1S/C17H25N3O/c1-11(2)21-15-9-7-8-14(10-15)17(18-5)16-12(3)19-20(6)13(16)4/h7-11,17-18H,1-6H3. The van der Waals surface area contributed by atoms with Crippen molar-refractivity contribution in [2.75, 3.05) is 7.05 Å². The molecule has 1 aromatic carbocycles. The molecule has 0 aliphatic heterocycles. The summed E-state index contributed by atoms with van der Waals surface area (Å²) in [5.41, 5.74) is 4.67. The van der Waals surface area contributed by atoms with E-state index in [0.29, 0.717) is 0 Å². The van der Waals surface area contributed by atoms with E-state index in [9.17, 15) is 0 Å². The highest BCUT2D eigenvalue weighted by Gasteiger charge is 2.20. The predicted octanol–water partition coefficient (Wildman–Crippen LogP) is 3.13. The van der Waals surface area contributed by atoms with Gasteiger partial charge in [0.05, 0.1) is 17.8 Å². The molecule has 1 heterocycles. The van der Waals surface area contributed by atoms with Gasteiger partial charge in [-0.2, -0.15) is 5.10 Å². The Morgan fingerprint density at radius 3 is 2.48 bits per heavy atom. The van der Waals surface area contributed by atoms with Gasteiger partial charge in [-0.3, -0.25) is 4.68 Å². The van der Waals surface area contributed by atoms with Crippen LogP contribution in [0.3, 0.4) is 0 Å². The number of ether oxygens (including phenoxy) is 1. The number of benzene rings is 1. The molecule has 0 radical (unpaired) electrons. The third-order valence-electron chi connectivity index (χ3n) is 3.71. The molecule has 0 saturated heterocycles. The SMILES string of the molecule is CNC(c1cccc(OC(C)C)c1)c1c(C)nn(C)c1C. The van der Waals surface area contributed by atoms with Crippen molar-refractivity contribution in [1.82, 2.24) is 15.1 Å². The third-order valence-corrected chi connectivity index (χ3v) is 3.71. The van der Waals surface area contributed by atoms with Crippen molar-refractivity contribution >= 4 is 0 Å². The van der Waals surface area contributed by atoms with Gasteiger partial charge in [0, 0.05) is 18.3 Å². The summed E-state index contributed by atoms with van der Waals surface area (Å²) in [5.74, 6) is 0.905. The first-order valence-corrected chi connectivity index (χ1v) is 7.38. The van der Waals surface area contributed by atoms with Crippen molar-refractivity contribution in [3.63, 3.8) is 0 Å². The summed E-state index contributed by atoms with van der Waals surface area (Å²) in [5, 5.41) is 7.92. The van der Waals surface area contributed by atoms with Crippen LogP contribution < -0.4 is 10.1 Å². The zero-order valence-electron chi connectivity index (χ0n) is 13.8. The minimum atomic E-state index is 0.120. The first kappa shape index (κ1) is 15.6. The van der Waals surface area contributed by atoms with Crippen molar-refractivity contribution in [1.29, 1.82) is 0 Å². The molecule has 2 rings (SSSR count). The molecule has 2 aromatic rings. The van der Waals surface area contributed by atoms with E-state index in [0.717, 1.165) is 11.4 Å². The molecular weight excluding hydrogens is 262 g/mol. The second kappa shape index (κ2) is 6.31. The van der Waals surface area contributed by atoms with Crippen molar-refractivity contribution in [3.05, 3.63) is 46.8 Å². The van der Waals surface area contributed by atoms with Crippen LogP contribution >= 0.6 is 0 Å². The second-order valence-corrected chi connectivity index (χ2v) is 5.67. The Hall–Kier alpha value is -1.81. The Labute approximate surface area is 127 Å². The summed E-state index contributed by atoms with van der Waals surface area (Å²) >= 11 is 0. The summed E-state index contributed by atoms with van der Waals surface area (Å²) in [6.45, 7) is 8.24. The quantitative estimate of drug-likeness (QED) is 0.918. The molecule has 4 heteroatoms. The zero-order valence-corrected chi connectivity index (χ0v) is 13.8. The Morgan fingerprint density at radius 2 is 1.95 bits per heavy atom. The van der Waals surface area contributed by atoms with E-state index in [-0.39, 0.29) is 12.1 Å². The molecule has 0 spiro atoms. The van der Waals surface area contributed by atoms with Gasteiger partial charge in [-0.05, 0) is 52.4 Å². The lowest BCUT2D eigenvalue weighted by Crippen LogP contribution is -2.19. The molecular formula is C17H25N3O. The molecule has 0 bridgehead atoms. The summed E-state index contributed by atoms with van der Waals surface area (Å²) in [6, 6.07) is 8.39. The van der Waals surface area contributed by atoms with E-state index in [1.54, 1.807) is 0 Å². The van der Waals surface area contributed by atoms with Crippen LogP contribution in [0.1, 0.15) is 42.4 Å². The molecule has 4 nitrogen and oxygen atoms in total. The molecule has 1 aromatic heterocycles. The van der Waals surface area contributed by atoms with Gasteiger partial charge < -0.3 is 10.1 Å². The van der Waals surface area contributed by atoms with E-state index in [1.165, 1.54) is 16.8 Å². The van der Waals surface area contributed by atoms with Crippen LogP contribution in [0, 0.1) is 13.8 Å². The predicted molar refractivity (Wildman–Crippen MR) is 85.8 cm³/mol.